The van der Waals surface area contributed by atoms with Crippen LogP contribution in [0, 0.1) is 11.8 Å². The molecule has 0 heterocycles. The molecule has 0 radical (unpaired) electrons. The quantitative estimate of drug-likeness (QED) is 0.551. The lowest BCUT2D eigenvalue weighted by Gasteiger charge is -2.27. The lowest BCUT2D eigenvalue weighted by Crippen LogP contribution is -2.14. The molecule has 0 aromatic heterocycles. The summed E-state index contributed by atoms with van der Waals surface area (Å²) in [5.74, 6) is 2.07. The van der Waals surface area contributed by atoms with Crippen molar-refractivity contribution >= 4 is 0 Å². The highest BCUT2D eigenvalue weighted by atomic mass is 14.2. The van der Waals surface area contributed by atoms with Crippen molar-refractivity contribution in [2.24, 2.45) is 11.8 Å². The van der Waals surface area contributed by atoms with Crippen LogP contribution in [0.3, 0.4) is 0 Å². The summed E-state index contributed by atoms with van der Waals surface area (Å²) >= 11 is 0. The molecular formula is C15H32. The second kappa shape index (κ2) is 10.5. The third-order valence-corrected chi connectivity index (χ3v) is 3.70. The Hall–Kier alpha value is 0. The summed E-state index contributed by atoms with van der Waals surface area (Å²) in [7, 11) is 0. The molecule has 0 amide bonds. The molecule has 0 aliphatic heterocycles. The molecule has 1 atom stereocenters. The van der Waals surface area contributed by atoms with E-state index in [1.165, 1.54) is 57.8 Å². The zero-order valence-electron chi connectivity index (χ0n) is 11.5. The highest BCUT2D eigenvalue weighted by molar-refractivity contribution is 4.70. The lowest BCUT2D eigenvalue weighted by atomic mass is 9.79. The van der Waals surface area contributed by atoms with E-state index in [1.807, 2.05) is 0 Å². The molecule has 0 unspecified atom stereocenters. The predicted octanol–water partition coefficient (Wildman–Crippen LogP) is 5.81. The summed E-state index contributed by atoms with van der Waals surface area (Å²) < 4.78 is 0. The van der Waals surface area contributed by atoms with Crippen LogP contribution < -0.4 is 0 Å². The molecule has 1 aliphatic carbocycles. The van der Waals surface area contributed by atoms with Crippen molar-refractivity contribution in [1.29, 1.82) is 0 Å². The minimum atomic E-state index is 1.00. The van der Waals surface area contributed by atoms with Crippen molar-refractivity contribution in [2.45, 2.75) is 85.5 Å². The normalized spacial score (nSPS) is 19.2. The molecule has 0 aromatic carbocycles. The van der Waals surface area contributed by atoms with Crippen molar-refractivity contribution in [3.05, 3.63) is 0 Å². The van der Waals surface area contributed by atoms with Gasteiger partial charge in [0.2, 0.25) is 0 Å². The number of unbranched alkanes of at least 4 members (excludes halogenated alkanes) is 1. The smallest absolute Gasteiger partial charge is 0.0388 e. The van der Waals surface area contributed by atoms with E-state index in [9.17, 15) is 0 Å². The molecule has 1 fully saturated rings. The number of hydrogen-bond acceptors (Lipinski definition) is 0. The third-order valence-electron chi connectivity index (χ3n) is 3.70. The first-order chi connectivity index (χ1) is 7.26. The average Bonchev–Trinajstić information content (AvgIpc) is 2.31. The highest BCUT2D eigenvalue weighted by Gasteiger charge is 2.18. The Morgan fingerprint density at radius 1 is 0.867 bits per heavy atom. The second-order valence-corrected chi connectivity index (χ2v) is 5.16. The molecule has 0 spiro atoms. The predicted molar refractivity (Wildman–Crippen MR) is 71.2 cm³/mol. The summed E-state index contributed by atoms with van der Waals surface area (Å²) in [5.41, 5.74) is 0. The third kappa shape index (κ3) is 7.88. The Bertz CT molecular complexity index is 109. The Morgan fingerprint density at radius 3 is 1.80 bits per heavy atom. The molecule has 1 saturated carbocycles. The van der Waals surface area contributed by atoms with E-state index >= 15 is 0 Å². The van der Waals surface area contributed by atoms with Crippen molar-refractivity contribution in [3.8, 4) is 0 Å². The van der Waals surface area contributed by atoms with Gasteiger partial charge in [0.15, 0.2) is 0 Å². The average molecular weight is 212 g/mol. The molecule has 0 bridgehead atoms. The van der Waals surface area contributed by atoms with Gasteiger partial charge in [-0.2, -0.15) is 0 Å². The first-order valence-corrected chi connectivity index (χ1v) is 7.26. The lowest BCUT2D eigenvalue weighted by molar-refractivity contribution is 0.251. The minimum Gasteiger partial charge on any atom is -0.0654 e. The topological polar surface area (TPSA) is 0 Å². The highest BCUT2D eigenvalue weighted by Crippen LogP contribution is 2.31. The van der Waals surface area contributed by atoms with Gasteiger partial charge in [0.1, 0.15) is 0 Å². The maximum atomic E-state index is 2.44. The molecule has 0 nitrogen and oxygen atoms in total. The van der Waals surface area contributed by atoms with Gasteiger partial charge in [0.05, 0.1) is 0 Å². The van der Waals surface area contributed by atoms with Gasteiger partial charge in [-0.05, 0) is 11.8 Å². The van der Waals surface area contributed by atoms with Crippen molar-refractivity contribution in [3.63, 3.8) is 0 Å². The van der Waals surface area contributed by atoms with Gasteiger partial charge in [-0.15, -0.1) is 0 Å². The van der Waals surface area contributed by atoms with Gasteiger partial charge in [-0.25, -0.2) is 0 Å². The van der Waals surface area contributed by atoms with E-state index in [-0.39, 0.29) is 0 Å². The van der Waals surface area contributed by atoms with E-state index in [0.717, 1.165) is 11.8 Å². The van der Waals surface area contributed by atoms with Crippen LogP contribution in [0.4, 0.5) is 0 Å². The molecule has 0 N–H and O–H groups in total. The van der Waals surface area contributed by atoms with Crippen molar-refractivity contribution in [2.75, 3.05) is 0 Å². The Kier molecular flexibility index (Phi) is 10.5. The zero-order valence-corrected chi connectivity index (χ0v) is 11.5. The van der Waals surface area contributed by atoms with Gasteiger partial charge >= 0.3 is 0 Å². The Labute approximate surface area is 97.8 Å². The molecule has 1 aliphatic rings. The fourth-order valence-corrected chi connectivity index (χ4v) is 2.39. The molecule has 0 aromatic rings. The van der Waals surface area contributed by atoms with Crippen LogP contribution in [0.5, 0.6) is 0 Å². The summed E-state index contributed by atoms with van der Waals surface area (Å²) in [4.78, 5) is 0. The van der Waals surface area contributed by atoms with Gasteiger partial charge in [0.25, 0.3) is 0 Å². The monoisotopic (exact) mass is 212 g/mol. The molecule has 1 rings (SSSR count). The number of hydrogen-bond donors (Lipinski definition) is 0. The van der Waals surface area contributed by atoms with Crippen LogP contribution in [-0.2, 0) is 0 Å². The second-order valence-electron chi connectivity index (χ2n) is 5.16. The van der Waals surface area contributed by atoms with Crippen molar-refractivity contribution < 1.29 is 0 Å². The van der Waals surface area contributed by atoms with E-state index in [1.54, 1.807) is 0 Å². The van der Waals surface area contributed by atoms with E-state index in [4.69, 9.17) is 0 Å². The van der Waals surface area contributed by atoms with Crippen molar-refractivity contribution in [1.82, 2.24) is 0 Å². The summed E-state index contributed by atoms with van der Waals surface area (Å²) in [6.45, 7) is 9.11. The summed E-state index contributed by atoms with van der Waals surface area (Å²) in [6, 6.07) is 0. The molecular weight excluding hydrogens is 180 g/mol. The van der Waals surface area contributed by atoms with E-state index in [0.29, 0.717) is 0 Å². The van der Waals surface area contributed by atoms with Crippen LogP contribution in [-0.4, -0.2) is 0 Å². The molecule has 92 valence electrons. The van der Waals surface area contributed by atoms with Crippen LogP contribution in [0.1, 0.15) is 85.5 Å². The first-order valence-electron chi connectivity index (χ1n) is 7.26. The molecule has 0 heteroatoms. The minimum absolute atomic E-state index is 1.00. The molecule has 0 saturated heterocycles. The van der Waals surface area contributed by atoms with Crippen LogP contribution in [0.2, 0.25) is 0 Å². The van der Waals surface area contributed by atoms with Gasteiger partial charge in [-0.1, -0.05) is 85.5 Å². The fraction of sp³-hybridized carbons (Fsp3) is 1.00. The van der Waals surface area contributed by atoms with Gasteiger partial charge < -0.3 is 0 Å². The van der Waals surface area contributed by atoms with E-state index in [2.05, 4.69) is 27.7 Å². The number of rotatable bonds is 4. The summed E-state index contributed by atoms with van der Waals surface area (Å²) in [5, 5.41) is 0. The van der Waals surface area contributed by atoms with Gasteiger partial charge in [-0.3, -0.25) is 0 Å². The fourth-order valence-electron chi connectivity index (χ4n) is 2.39. The first kappa shape index (κ1) is 15.0. The van der Waals surface area contributed by atoms with Crippen LogP contribution >= 0.6 is 0 Å². The SMILES string of the molecule is CCCC.CCC[C@H](C)C1CCCCC1. The van der Waals surface area contributed by atoms with Gasteiger partial charge in [0, 0.05) is 0 Å². The van der Waals surface area contributed by atoms with Crippen LogP contribution in [0.25, 0.3) is 0 Å². The largest absolute Gasteiger partial charge is 0.0654 e. The Balaban J connectivity index is 0.000000423. The standard InChI is InChI=1S/C11H22.C4H10/c1-3-7-10(2)11-8-5-4-6-9-11;1-3-4-2/h10-11H,3-9H2,1-2H3;3-4H2,1-2H3/t10-;/m0./s1. The Morgan fingerprint density at radius 2 is 1.40 bits per heavy atom. The maximum Gasteiger partial charge on any atom is -0.0388 e. The maximum absolute atomic E-state index is 2.44. The summed E-state index contributed by atoms with van der Waals surface area (Å²) in [6.07, 6.45) is 13.0. The molecule has 15 heavy (non-hydrogen) atoms. The zero-order chi connectivity index (χ0) is 11.5. The van der Waals surface area contributed by atoms with Crippen LogP contribution in [0.15, 0.2) is 0 Å². The van der Waals surface area contributed by atoms with E-state index < -0.39 is 0 Å².